The van der Waals surface area contributed by atoms with E-state index < -0.39 is 21.2 Å². The molecular weight excluding hydrogens is 246 g/mol. The Morgan fingerprint density at radius 2 is 2.24 bits per heavy atom. The predicted octanol–water partition coefficient (Wildman–Crippen LogP) is 0.290. The first-order chi connectivity index (χ1) is 7.89. The molecule has 0 aromatic rings. The summed E-state index contributed by atoms with van der Waals surface area (Å²) < 4.78 is 30.6. The highest BCUT2D eigenvalue weighted by atomic mass is 32.2. The molecule has 0 spiro atoms. The topological polar surface area (TPSA) is 83.9 Å². The van der Waals surface area contributed by atoms with Gasteiger partial charge in [-0.2, -0.15) is 4.31 Å². The number of rotatable bonds is 5. The minimum Gasteiger partial charge on any atom is -0.480 e. The average Bonchev–Trinajstić information content (AvgIpc) is 2.28. The van der Waals surface area contributed by atoms with E-state index in [4.69, 9.17) is 9.84 Å². The molecule has 1 aliphatic rings. The van der Waals surface area contributed by atoms with Gasteiger partial charge in [-0.25, -0.2) is 8.42 Å². The fourth-order valence-electron chi connectivity index (χ4n) is 1.86. The molecule has 1 N–H and O–H groups in total. The van der Waals surface area contributed by atoms with Gasteiger partial charge in [-0.1, -0.05) is 0 Å². The Morgan fingerprint density at radius 1 is 1.59 bits per heavy atom. The number of nitrogens with zero attached hydrogens (tertiary/aromatic N) is 1. The fourth-order valence-corrected chi connectivity index (χ4v) is 3.32. The third kappa shape index (κ3) is 3.40. The molecule has 2 atom stereocenters. The van der Waals surface area contributed by atoms with Gasteiger partial charge in [0.05, 0.1) is 6.10 Å². The van der Waals surface area contributed by atoms with Crippen molar-refractivity contribution in [3.63, 3.8) is 0 Å². The lowest BCUT2D eigenvalue weighted by Crippen LogP contribution is -2.48. The van der Waals surface area contributed by atoms with E-state index in [1.165, 1.54) is 11.2 Å². The molecule has 1 fully saturated rings. The molecule has 17 heavy (non-hydrogen) atoms. The van der Waals surface area contributed by atoms with Gasteiger partial charge in [0.25, 0.3) is 0 Å². The maximum atomic E-state index is 12.0. The van der Waals surface area contributed by atoms with E-state index in [0.29, 0.717) is 19.6 Å². The molecule has 2 unspecified atom stereocenters. The van der Waals surface area contributed by atoms with E-state index in [1.807, 2.05) is 6.92 Å². The van der Waals surface area contributed by atoms with E-state index >= 15 is 0 Å². The third-order valence-corrected chi connectivity index (χ3v) is 5.04. The minimum atomic E-state index is -3.76. The number of sulfonamides is 1. The Balaban J connectivity index is 2.75. The van der Waals surface area contributed by atoms with E-state index in [0.717, 1.165) is 6.42 Å². The Bertz CT molecular complexity index is 365. The second-order valence-corrected chi connectivity index (χ2v) is 6.36. The number of hydrogen-bond acceptors (Lipinski definition) is 4. The summed E-state index contributed by atoms with van der Waals surface area (Å²) in [6.07, 6.45) is 1.40. The van der Waals surface area contributed by atoms with Crippen molar-refractivity contribution < 1.29 is 23.1 Å². The summed E-state index contributed by atoms with van der Waals surface area (Å²) in [6, 6.07) is 0. The van der Waals surface area contributed by atoms with Crippen LogP contribution in [0.2, 0.25) is 0 Å². The van der Waals surface area contributed by atoms with Gasteiger partial charge in [0.1, 0.15) is 0 Å². The molecule has 0 amide bonds. The van der Waals surface area contributed by atoms with Crippen molar-refractivity contribution in [2.75, 3.05) is 19.7 Å². The van der Waals surface area contributed by atoms with Crippen molar-refractivity contribution in [3.05, 3.63) is 0 Å². The number of ether oxygens (including phenoxy) is 1. The predicted molar refractivity (Wildman–Crippen MR) is 62.2 cm³/mol. The van der Waals surface area contributed by atoms with Gasteiger partial charge in [-0.05, 0) is 26.7 Å². The van der Waals surface area contributed by atoms with E-state index in [1.54, 1.807) is 0 Å². The van der Waals surface area contributed by atoms with Gasteiger partial charge >= 0.3 is 5.97 Å². The molecule has 1 aliphatic heterocycles. The molecule has 6 nitrogen and oxygen atoms in total. The van der Waals surface area contributed by atoms with E-state index in [9.17, 15) is 13.2 Å². The number of carboxylic acids is 1. The monoisotopic (exact) mass is 265 g/mol. The van der Waals surface area contributed by atoms with Gasteiger partial charge in [-0.3, -0.25) is 4.79 Å². The first-order valence-electron chi connectivity index (χ1n) is 5.73. The maximum absolute atomic E-state index is 12.0. The molecule has 1 rings (SSSR count). The molecule has 1 heterocycles. The zero-order valence-corrected chi connectivity index (χ0v) is 10.9. The SMILES string of the molecule is CCOC1CCCN(S(=O)(=O)C(C)C(=O)O)C1. The van der Waals surface area contributed by atoms with Crippen LogP contribution in [-0.2, 0) is 19.6 Å². The van der Waals surface area contributed by atoms with Crippen molar-refractivity contribution >= 4 is 16.0 Å². The van der Waals surface area contributed by atoms with Crippen LogP contribution in [0.3, 0.4) is 0 Å². The minimum absolute atomic E-state index is 0.121. The van der Waals surface area contributed by atoms with Crippen LogP contribution in [0.5, 0.6) is 0 Å². The number of piperidine rings is 1. The van der Waals surface area contributed by atoms with Gasteiger partial charge in [-0.15, -0.1) is 0 Å². The van der Waals surface area contributed by atoms with Crippen LogP contribution in [0, 0.1) is 0 Å². The summed E-state index contributed by atoms with van der Waals surface area (Å²) in [5.74, 6) is -1.32. The number of carboxylic acid groups (broad SMARTS) is 1. The Hall–Kier alpha value is -0.660. The molecule has 0 aliphatic carbocycles. The smallest absolute Gasteiger partial charge is 0.323 e. The van der Waals surface area contributed by atoms with Crippen LogP contribution in [-0.4, -0.2) is 54.8 Å². The van der Waals surface area contributed by atoms with Crippen LogP contribution in [0.1, 0.15) is 26.7 Å². The van der Waals surface area contributed by atoms with Gasteiger partial charge < -0.3 is 9.84 Å². The quantitative estimate of drug-likeness (QED) is 0.772. The standard InChI is InChI=1S/C10H19NO5S/c1-3-16-9-5-4-6-11(7-9)17(14,15)8(2)10(12)13/h8-9H,3-7H2,1-2H3,(H,12,13). The normalized spacial score (nSPS) is 24.5. The lowest BCUT2D eigenvalue weighted by atomic mass is 10.1. The van der Waals surface area contributed by atoms with Crippen LogP contribution in [0.25, 0.3) is 0 Å². The van der Waals surface area contributed by atoms with Crippen molar-refractivity contribution in [2.45, 2.75) is 38.0 Å². The van der Waals surface area contributed by atoms with Crippen molar-refractivity contribution in [3.8, 4) is 0 Å². The summed E-state index contributed by atoms with van der Waals surface area (Å²) >= 11 is 0. The zero-order chi connectivity index (χ0) is 13.1. The highest BCUT2D eigenvalue weighted by Gasteiger charge is 2.36. The summed E-state index contributed by atoms with van der Waals surface area (Å²) in [4.78, 5) is 10.8. The molecule has 7 heteroatoms. The van der Waals surface area contributed by atoms with Crippen LogP contribution in [0.4, 0.5) is 0 Å². The summed E-state index contributed by atoms with van der Waals surface area (Å²) in [6.45, 7) is 4.22. The highest BCUT2D eigenvalue weighted by molar-refractivity contribution is 7.90. The van der Waals surface area contributed by atoms with Crippen LogP contribution in [0.15, 0.2) is 0 Å². The molecule has 0 bridgehead atoms. The molecule has 1 saturated heterocycles. The maximum Gasteiger partial charge on any atom is 0.323 e. The zero-order valence-electron chi connectivity index (χ0n) is 10.1. The lowest BCUT2D eigenvalue weighted by molar-refractivity contribution is -0.136. The lowest BCUT2D eigenvalue weighted by Gasteiger charge is -2.32. The van der Waals surface area contributed by atoms with E-state index in [-0.39, 0.29) is 12.6 Å². The molecule has 0 saturated carbocycles. The molecule has 0 aromatic carbocycles. The van der Waals surface area contributed by atoms with Gasteiger partial charge in [0.15, 0.2) is 5.25 Å². The molecule has 100 valence electrons. The van der Waals surface area contributed by atoms with Crippen molar-refractivity contribution in [1.82, 2.24) is 4.31 Å². The fraction of sp³-hybridized carbons (Fsp3) is 0.900. The Labute approximate surface area is 102 Å². The highest BCUT2D eigenvalue weighted by Crippen LogP contribution is 2.19. The molecular formula is C10H19NO5S. The average molecular weight is 265 g/mol. The van der Waals surface area contributed by atoms with Crippen molar-refractivity contribution in [2.24, 2.45) is 0 Å². The number of aliphatic carboxylic acids is 1. The summed E-state index contributed by atoms with van der Waals surface area (Å²) in [5.41, 5.74) is 0. The molecule has 0 radical (unpaired) electrons. The Morgan fingerprint density at radius 3 is 2.76 bits per heavy atom. The second-order valence-electron chi connectivity index (χ2n) is 4.10. The number of hydrogen-bond donors (Lipinski definition) is 1. The largest absolute Gasteiger partial charge is 0.480 e. The van der Waals surface area contributed by atoms with Crippen LogP contribution < -0.4 is 0 Å². The first-order valence-corrected chi connectivity index (χ1v) is 7.23. The third-order valence-electron chi connectivity index (χ3n) is 2.90. The van der Waals surface area contributed by atoms with Gasteiger partial charge in [0.2, 0.25) is 10.0 Å². The molecule has 0 aromatic heterocycles. The summed E-state index contributed by atoms with van der Waals surface area (Å²) in [7, 11) is -3.76. The van der Waals surface area contributed by atoms with Crippen LogP contribution >= 0.6 is 0 Å². The van der Waals surface area contributed by atoms with Gasteiger partial charge in [0, 0.05) is 19.7 Å². The van der Waals surface area contributed by atoms with Crippen molar-refractivity contribution in [1.29, 1.82) is 0 Å². The Kier molecular flexibility index (Phi) is 4.91. The van der Waals surface area contributed by atoms with E-state index in [2.05, 4.69) is 0 Å². The first kappa shape index (κ1) is 14.4. The second kappa shape index (κ2) is 5.79. The summed E-state index contributed by atoms with van der Waals surface area (Å²) in [5, 5.41) is 7.38. The number of carbonyl (C=O) groups is 1.